The molecule has 2 heteroatoms. The average molecular weight is 131 g/mol. The Balaban J connectivity index is 3.70. The van der Waals surface area contributed by atoms with Crippen molar-refractivity contribution in [2.75, 3.05) is 6.79 Å². The zero-order chi connectivity index (χ0) is 7.49. The molecule has 0 saturated heterocycles. The molecule has 2 nitrogen and oxygen atoms in total. The van der Waals surface area contributed by atoms with Gasteiger partial charge in [0.1, 0.15) is 0 Å². The van der Waals surface area contributed by atoms with E-state index in [1.807, 2.05) is 27.7 Å². The highest BCUT2D eigenvalue weighted by molar-refractivity contribution is 4.71. The van der Waals surface area contributed by atoms with Gasteiger partial charge < -0.3 is 4.74 Å². The monoisotopic (exact) mass is 131 g/mol. The van der Waals surface area contributed by atoms with Crippen molar-refractivity contribution in [2.24, 2.45) is 5.92 Å². The molecule has 0 bridgehead atoms. The van der Waals surface area contributed by atoms with Crippen LogP contribution < -0.4 is 0 Å². The summed E-state index contributed by atoms with van der Waals surface area (Å²) in [5, 5.41) is 10.0. The second-order valence-corrected chi connectivity index (χ2v) is 3.02. The van der Waals surface area contributed by atoms with Crippen molar-refractivity contribution in [3.8, 4) is 0 Å². The van der Waals surface area contributed by atoms with Crippen LogP contribution in [0.2, 0.25) is 0 Å². The molecule has 0 heterocycles. The summed E-state index contributed by atoms with van der Waals surface area (Å²) in [6, 6.07) is 0. The lowest BCUT2D eigenvalue weighted by Gasteiger charge is -2.27. The molecular formula is C7H15O2. The van der Waals surface area contributed by atoms with Crippen LogP contribution in [0.3, 0.4) is 0 Å². The largest absolute Gasteiger partial charge is 0.346 e. The van der Waals surface area contributed by atoms with Gasteiger partial charge in [-0.3, -0.25) is 0 Å². The van der Waals surface area contributed by atoms with Gasteiger partial charge in [0, 0.05) is 0 Å². The van der Waals surface area contributed by atoms with Crippen molar-refractivity contribution in [1.29, 1.82) is 0 Å². The van der Waals surface area contributed by atoms with Crippen LogP contribution in [0.15, 0.2) is 0 Å². The van der Waals surface area contributed by atoms with E-state index in [2.05, 4.69) is 0 Å². The van der Waals surface area contributed by atoms with Crippen molar-refractivity contribution in [3.63, 3.8) is 0 Å². The molecule has 0 aliphatic rings. The zero-order valence-corrected chi connectivity index (χ0v) is 6.60. The Morgan fingerprint density at radius 2 is 1.89 bits per heavy atom. The first-order chi connectivity index (χ1) is 4.00. The summed E-state index contributed by atoms with van der Waals surface area (Å²) in [5.41, 5.74) is -0.262. The summed E-state index contributed by atoms with van der Waals surface area (Å²) in [4.78, 5) is 0. The maximum Gasteiger partial charge on any atom is 0.181 e. The highest BCUT2D eigenvalue weighted by Crippen LogP contribution is 2.19. The highest BCUT2D eigenvalue weighted by atomic mass is 16.6. The lowest BCUT2D eigenvalue weighted by Crippen LogP contribution is -2.30. The molecule has 0 aromatic heterocycles. The van der Waals surface area contributed by atoms with E-state index in [1.54, 1.807) is 0 Å². The van der Waals surface area contributed by atoms with E-state index in [0.29, 0.717) is 5.92 Å². The van der Waals surface area contributed by atoms with Crippen LogP contribution in [-0.2, 0) is 9.84 Å². The van der Waals surface area contributed by atoms with Crippen LogP contribution in [0.25, 0.3) is 0 Å². The second-order valence-electron chi connectivity index (χ2n) is 3.02. The number of rotatable bonds is 3. The highest BCUT2D eigenvalue weighted by Gasteiger charge is 2.22. The van der Waals surface area contributed by atoms with Crippen molar-refractivity contribution >= 4 is 0 Å². The summed E-state index contributed by atoms with van der Waals surface area (Å²) < 4.78 is 4.94. The van der Waals surface area contributed by atoms with Crippen molar-refractivity contribution < 1.29 is 9.84 Å². The maximum absolute atomic E-state index is 10.0. The van der Waals surface area contributed by atoms with Gasteiger partial charge in [0.05, 0.1) is 5.60 Å². The predicted molar refractivity (Wildman–Crippen MR) is 35.6 cm³/mol. The van der Waals surface area contributed by atoms with Gasteiger partial charge in [-0.2, -0.15) is 0 Å². The fourth-order valence-corrected chi connectivity index (χ4v) is 0.319. The van der Waals surface area contributed by atoms with Crippen LogP contribution in [0.1, 0.15) is 27.7 Å². The summed E-state index contributed by atoms with van der Waals surface area (Å²) in [5.74, 6) is 0.395. The first-order valence-electron chi connectivity index (χ1n) is 3.22. The first-order valence-corrected chi connectivity index (χ1v) is 3.22. The minimum Gasteiger partial charge on any atom is -0.346 e. The van der Waals surface area contributed by atoms with Crippen LogP contribution in [0.5, 0.6) is 0 Å². The van der Waals surface area contributed by atoms with Gasteiger partial charge in [-0.25, -0.2) is 5.11 Å². The zero-order valence-electron chi connectivity index (χ0n) is 6.60. The normalized spacial score (nSPS) is 12.7. The summed E-state index contributed by atoms with van der Waals surface area (Å²) in [6.07, 6.45) is 0. The van der Waals surface area contributed by atoms with Crippen molar-refractivity contribution in [2.45, 2.75) is 33.3 Å². The van der Waals surface area contributed by atoms with Crippen LogP contribution in [0, 0.1) is 5.92 Å². The molecule has 0 aromatic rings. The van der Waals surface area contributed by atoms with E-state index in [0.717, 1.165) is 0 Å². The lowest BCUT2D eigenvalue weighted by molar-refractivity contribution is -0.142. The number of hydrogen-bond acceptors (Lipinski definition) is 1. The SMILES string of the molecule is CC(C)C(C)(C)OC[O]. The Hall–Kier alpha value is -0.0800. The van der Waals surface area contributed by atoms with Crippen molar-refractivity contribution in [3.05, 3.63) is 0 Å². The number of ether oxygens (including phenoxy) is 1. The van der Waals surface area contributed by atoms with E-state index in [1.165, 1.54) is 0 Å². The van der Waals surface area contributed by atoms with Crippen LogP contribution >= 0.6 is 0 Å². The van der Waals surface area contributed by atoms with Gasteiger partial charge in [0.25, 0.3) is 0 Å². The maximum atomic E-state index is 10.0. The van der Waals surface area contributed by atoms with Gasteiger partial charge in [-0.1, -0.05) is 13.8 Å². The average Bonchev–Trinajstić information content (AvgIpc) is 1.65. The third-order valence-electron chi connectivity index (χ3n) is 1.82. The molecule has 0 aliphatic heterocycles. The minimum absolute atomic E-state index is 0.262. The van der Waals surface area contributed by atoms with Crippen LogP contribution in [-0.4, -0.2) is 12.4 Å². The first kappa shape index (κ1) is 8.92. The Kier molecular flexibility index (Phi) is 3.15. The molecule has 55 valence electrons. The van der Waals surface area contributed by atoms with E-state index in [-0.39, 0.29) is 5.60 Å². The van der Waals surface area contributed by atoms with Gasteiger partial charge in [0.2, 0.25) is 0 Å². The second kappa shape index (κ2) is 3.18. The predicted octanol–water partition coefficient (Wildman–Crippen LogP) is 1.83. The Bertz CT molecular complexity index is 77.0. The number of hydrogen-bond donors (Lipinski definition) is 0. The third kappa shape index (κ3) is 2.82. The molecule has 0 rings (SSSR count). The quantitative estimate of drug-likeness (QED) is 0.537. The van der Waals surface area contributed by atoms with E-state index in [4.69, 9.17) is 4.74 Å². The summed E-state index contributed by atoms with van der Waals surface area (Å²) >= 11 is 0. The molecule has 0 saturated carbocycles. The molecule has 0 unspecified atom stereocenters. The molecule has 0 spiro atoms. The molecule has 9 heavy (non-hydrogen) atoms. The minimum atomic E-state index is -0.439. The standard InChI is InChI=1S/C7H15O2/c1-6(2)7(3,4)9-5-8/h6H,5H2,1-4H3. The van der Waals surface area contributed by atoms with Gasteiger partial charge in [-0.05, 0) is 19.8 Å². The Morgan fingerprint density at radius 1 is 1.44 bits per heavy atom. The summed E-state index contributed by atoms with van der Waals surface area (Å²) in [6.45, 7) is 7.49. The fourth-order valence-electron chi connectivity index (χ4n) is 0.319. The Labute approximate surface area is 56.8 Å². The topological polar surface area (TPSA) is 29.1 Å². The van der Waals surface area contributed by atoms with Gasteiger partial charge in [-0.15, -0.1) is 0 Å². The smallest absolute Gasteiger partial charge is 0.181 e. The Morgan fingerprint density at radius 3 is 2.00 bits per heavy atom. The van der Waals surface area contributed by atoms with Gasteiger partial charge >= 0.3 is 0 Å². The molecule has 0 aromatic carbocycles. The lowest BCUT2D eigenvalue weighted by atomic mass is 9.95. The molecule has 0 aliphatic carbocycles. The van der Waals surface area contributed by atoms with Crippen LogP contribution in [0.4, 0.5) is 0 Å². The molecule has 0 N–H and O–H groups in total. The summed E-state index contributed by atoms with van der Waals surface area (Å²) in [7, 11) is 0. The third-order valence-corrected chi connectivity index (χ3v) is 1.82. The molecule has 0 atom stereocenters. The fraction of sp³-hybridized carbons (Fsp3) is 1.00. The van der Waals surface area contributed by atoms with E-state index >= 15 is 0 Å². The molecule has 1 radical (unpaired) electrons. The van der Waals surface area contributed by atoms with Crippen molar-refractivity contribution in [1.82, 2.24) is 0 Å². The molecular weight excluding hydrogens is 116 g/mol. The van der Waals surface area contributed by atoms with E-state index < -0.39 is 6.79 Å². The molecule has 0 amide bonds. The van der Waals surface area contributed by atoms with Gasteiger partial charge in [0.15, 0.2) is 6.79 Å². The molecule has 0 fully saturated rings. The van der Waals surface area contributed by atoms with E-state index in [9.17, 15) is 5.11 Å².